The van der Waals surface area contributed by atoms with Crippen LogP contribution < -0.4 is 41.7 Å². The van der Waals surface area contributed by atoms with Crippen molar-refractivity contribution in [2.45, 2.75) is 59.3 Å². The first-order valence-corrected chi connectivity index (χ1v) is 24.9. The molecule has 0 heterocycles. The van der Waals surface area contributed by atoms with Crippen LogP contribution in [-0.2, 0) is 0 Å². The van der Waals surface area contributed by atoms with E-state index in [1.54, 1.807) is 10.7 Å². The molecule has 0 aliphatic rings. The Labute approximate surface area is 410 Å². The summed E-state index contributed by atoms with van der Waals surface area (Å²) >= 11 is -2.01. The Bertz CT molecular complexity index is 2800. The van der Waals surface area contributed by atoms with Crippen molar-refractivity contribution in [3.63, 3.8) is 0 Å². The minimum atomic E-state index is -7.22. The summed E-state index contributed by atoms with van der Waals surface area (Å²) in [6, 6.07) is 27.6. The average Bonchev–Trinajstić information content (AvgIpc) is 3.36. The van der Waals surface area contributed by atoms with Crippen molar-refractivity contribution in [2.24, 2.45) is 0 Å². The first-order chi connectivity index (χ1) is 34.1. The van der Waals surface area contributed by atoms with E-state index in [0.717, 1.165) is 0 Å². The summed E-state index contributed by atoms with van der Waals surface area (Å²) in [5.74, 6) is -69.8. The van der Waals surface area contributed by atoms with Gasteiger partial charge in [0, 0.05) is 0 Å². The zero-order valence-electron chi connectivity index (χ0n) is 38.2. The van der Waals surface area contributed by atoms with Crippen molar-refractivity contribution in [1.29, 1.82) is 0 Å². The van der Waals surface area contributed by atoms with Crippen LogP contribution >= 0.6 is 0 Å². The van der Waals surface area contributed by atoms with Gasteiger partial charge >= 0.3 is 179 Å². The fourth-order valence-corrected chi connectivity index (χ4v) is 17.1. The van der Waals surface area contributed by atoms with Crippen LogP contribution in [0.15, 0.2) is 72.8 Å². The fraction of sp³-hybridized carbons (Fsp3) is 0.176. The molecule has 7 rings (SSSR count). The summed E-state index contributed by atoms with van der Waals surface area (Å²) in [5, 5.41) is 0. The first kappa shape index (κ1) is 56.2. The molecule has 0 saturated heterocycles. The third kappa shape index (κ3) is 9.22. The quantitative estimate of drug-likeness (QED) is 0.0421. The molecule has 7 aromatic carbocycles. The zero-order valence-corrected chi connectivity index (χ0v) is 40.5. The van der Waals surface area contributed by atoms with E-state index in [2.05, 4.69) is 114 Å². The molecular formula is C51H34BF20I. The Morgan fingerprint density at radius 2 is 0.397 bits per heavy atom. The molecule has 0 bridgehead atoms. The average molecular weight is 1160 g/mol. The fourth-order valence-electron chi connectivity index (χ4n) is 8.66. The summed E-state index contributed by atoms with van der Waals surface area (Å²) < 4.78 is 299. The third-order valence-electron chi connectivity index (χ3n) is 12.0. The number of rotatable bonds is 10. The maximum atomic E-state index is 15.4. The summed E-state index contributed by atoms with van der Waals surface area (Å²) in [4.78, 5) is 0. The molecule has 0 aromatic heterocycles. The van der Waals surface area contributed by atoms with Gasteiger partial charge in [0.15, 0.2) is 69.8 Å². The molecule has 73 heavy (non-hydrogen) atoms. The second-order valence-corrected chi connectivity index (χ2v) is 22.7. The maximum Gasteiger partial charge on any atom is 0.200 e. The van der Waals surface area contributed by atoms with Crippen molar-refractivity contribution in [1.82, 2.24) is 0 Å². The van der Waals surface area contributed by atoms with E-state index >= 15 is 35.1 Å². The van der Waals surface area contributed by atoms with E-state index in [1.807, 2.05) is 0 Å². The molecule has 0 fully saturated rings. The van der Waals surface area contributed by atoms with Crippen LogP contribution in [0.2, 0.25) is 0 Å². The van der Waals surface area contributed by atoms with Crippen molar-refractivity contribution >= 4 is 28.0 Å². The zero-order chi connectivity index (χ0) is 54.6. The number of halogens is 21. The molecule has 0 aliphatic carbocycles. The Hall–Kier alpha value is -6.07. The Morgan fingerprint density at radius 3 is 0.562 bits per heavy atom. The van der Waals surface area contributed by atoms with Crippen LogP contribution in [0.25, 0.3) is 0 Å². The number of hydrogen-bond donors (Lipinski definition) is 0. The summed E-state index contributed by atoms with van der Waals surface area (Å²) in [7, 11) is 0. The van der Waals surface area contributed by atoms with E-state index < -0.39 is 164 Å². The summed E-state index contributed by atoms with van der Waals surface area (Å²) in [6.45, 7) is 14.0. The molecule has 0 unspecified atom stereocenters. The standard InChI is InChI=1S/C27H34I.C24BF20/c1-19(2)22-13-7-10-16-25(22)28(26-17-11-8-14-23(26)20(3)4)27-18-12-9-15-24(27)21(5)6;26-5-1(6(27)14(35)21(42)13(5)34)25(2-7(28)15(36)22(43)16(37)8(2)29,3-9(30)17(38)23(44)18(39)10(3)31)4-11(32)19(40)24(45)20(41)12(4)33/h7-21,28H,1-6H3;/q+1;-1. The van der Waals surface area contributed by atoms with Crippen LogP contribution in [-0.4, -0.2) is 6.15 Å². The van der Waals surface area contributed by atoms with Crippen molar-refractivity contribution < 1.29 is 108 Å². The molecule has 388 valence electrons. The predicted molar refractivity (Wildman–Crippen MR) is 228 cm³/mol. The van der Waals surface area contributed by atoms with Gasteiger partial charge in [-0.25, -0.2) is 87.8 Å². The van der Waals surface area contributed by atoms with Gasteiger partial charge < -0.3 is 0 Å². The Morgan fingerprint density at radius 1 is 0.247 bits per heavy atom. The van der Waals surface area contributed by atoms with Crippen LogP contribution in [0.1, 0.15) is 76.0 Å². The van der Waals surface area contributed by atoms with Crippen LogP contribution in [0.4, 0.5) is 87.8 Å². The molecule has 0 spiro atoms. The Kier molecular flexibility index (Phi) is 16.5. The number of hydrogen-bond acceptors (Lipinski definition) is 0. The van der Waals surface area contributed by atoms with E-state index in [1.165, 1.54) is 16.7 Å². The van der Waals surface area contributed by atoms with Gasteiger partial charge in [0.1, 0.15) is 52.7 Å². The van der Waals surface area contributed by atoms with E-state index in [9.17, 15) is 52.7 Å². The van der Waals surface area contributed by atoms with Crippen LogP contribution in [0.5, 0.6) is 0 Å². The maximum absolute atomic E-state index is 15.4. The van der Waals surface area contributed by atoms with Crippen LogP contribution in [0, 0.1) is 127 Å². The minimum Gasteiger partial charge on any atom is -0.207 e. The van der Waals surface area contributed by atoms with Gasteiger partial charge in [0.25, 0.3) is 0 Å². The van der Waals surface area contributed by atoms with E-state index in [4.69, 9.17) is 0 Å². The molecule has 0 saturated carbocycles. The molecule has 7 aromatic rings. The monoisotopic (exact) mass is 1160 g/mol. The van der Waals surface area contributed by atoms with E-state index in [-0.39, 0.29) is 0 Å². The van der Waals surface area contributed by atoms with Gasteiger partial charge in [-0.05, 0) is 0 Å². The number of benzene rings is 7. The smallest absolute Gasteiger partial charge is 0.200 e. The van der Waals surface area contributed by atoms with E-state index in [0.29, 0.717) is 17.8 Å². The van der Waals surface area contributed by atoms with Gasteiger partial charge in [-0.1, -0.05) is 0 Å². The Balaban J connectivity index is 0.000000265. The third-order valence-corrected chi connectivity index (χ3v) is 18.9. The second kappa shape index (κ2) is 21.4. The van der Waals surface area contributed by atoms with Gasteiger partial charge in [0.2, 0.25) is 0 Å². The molecule has 0 aliphatic heterocycles. The van der Waals surface area contributed by atoms with Gasteiger partial charge in [-0.2, -0.15) is 0 Å². The van der Waals surface area contributed by atoms with Gasteiger partial charge in [-0.15, -0.1) is 21.9 Å². The normalized spacial score (nSPS) is 12.0. The van der Waals surface area contributed by atoms with Crippen molar-refractivity contribution in [3.05, 3.63) is 217 Å². The molecule has 0 atom stereocenters. The predicted octanol–water partition coefficient (Wildman–Crippen LogP) is 10.2. The van der Waals surface area contributed by atoms with Crippen LogP contribution in [0.3, 0.4) is 0 Å². The molecular weight excluding hydrogens is 1130 g/mol. The summed E-state index contributed by atoms with van der Waals surface area (Å²) in [6.07, 6.45) is -7.22. The SMILES string of the molecule is CC(C)c1ccccc1[IH+](c1ccccc1C(C)C)c1ccccc1C(C)C.Fc1c(F)c(F)c([B-](c2c(F)c(F)c(F)c(F)c2F)(c2c(F)c(F)c(F)c(F)c2F)c2c(F)c(F)c(F)c(F)c2F)c(F)c1F. The van der Waals surface area contributed by atoms with Crippen molar-refractivity contribution in [2.75, 3.05) is 0 Å². The molecule has 22 heteroatoms. The van der Waals surface area contributed by atoms with Crippen molar-refractivity contribution in [3.8, 4) is 0 Å². The topological polar surface area (TPSA) is 0 Å². The van der Waals surface area contributed by atoms with Gasteiger partial charge in [-0.3, -0.25) is 0 Å². The second-order valence-electron chi connectivity index (χ2n) is 17.2. The summed E-state index contributed by atoms with van der Waals surface area (Å²) in [5.41, 5.74) is -9.76. The molecule has 0 radical (unpaired) electrons. The molecule has 0 N–H and O–H groups in total. The van der Waals surface area contributed by atoms with Gasteiger partial charge in [0.05, 0.1) is 0 Å². The molecule has 0 nitrogen and oxygen atoms in total. The largest absolute Gasteiger partial charge is 0.207 e. The molecule has 0 amide bonds. The first-order valence-electron chi connectivity index (χ1n) is 21.4. The minimum absolute atomic E-state index is 0.539.